The van der Waals surface area contributed by atoms with Crippen LogP contribution in [0.15, 0.2) is 0 Å². The van der Waals surface area contributed by atoms with Crippen LogP contribution in [0, 0.1) is 0 Å². The van der Waals surface area contributed by atoms with Gasteiger partial charge in [0.15, 0.2) is 0 Å². The van der Waals surface area contributed by atoms with Crippen molar-refractivity contribution in [3.05, 3.63) is 0 Å². The van der Waals surface area contributed by atoms with E-state index in [0.29, 0.717) is 6.54 Å². The van der Waals surface area contributed by atoms with Gasteiger partial charge >= 0.3 is 0 Å². The predicted molar refractivity (Wildman–Crippen MR) is 64.7 cm³/mol. The van der Waals surface area contributed by atoms with Crippen molar-refractivity contribution < 1.29 is 8.42 Å². The molecule has 1 saturated carbocycles. The van der Waals surface area contributed by atoms with Crippen molar-refractivity contribution in [2.75, 3.05) is 25.1 Å². The fraction of sp³-hybridized carbons (Fsp3) is 1.00. The van der Waals surface area contributed by atoms with Crippen molar-refractivity contribution in [2.24, 2.45) is 0 Å². The number of nitrogens with zero attached hydrogens (tertiary/aromatic N) is 1. The maximum atomic E-state index is 11.5. The summed E-state index contributed by atoms with van der Waals surface area (Å²) in [5.74, 6) is 0.965. The lowest BCUT2D eigenvalue weighted by atomic mass is 9.88. The summed E-state index contributed by atoms with van der Waals surface area (Å²) in [5, 5.41) is 0. The Balaban J connectivity index is 2.09. The molecule has 2 aliphatic rings. The Morgan fingerprint density at radius 3 is 2.47 bits per heavy atom. The normalized spacial score (nSPS) is 28.1. The van der Waals surface area contributed by atoms with E-state index in [2.05, 4.69) is 0 Å². The third-order valence-corrected chi connectivity index (χ3v) is 6.23. The summed E-state index contributed by atoms with van der Waals surface area (Å²) in [5.41, 5.74) is 0. The van der Waals surface area contributed by atoms with Crippen molar-refractivity contribution >= 4 is 21.8 Å². The van der Waals surface area contributed by atoms with Gasteiger partial charge in [-0.2, -0.15) is 16.1 Å². The van der Waals surface area contributed by atoms with Gasteiger partial charge < -0.3 is 0 Å². The van der Waals surface area contributed by atoms with Gasteiger partial charge in [-0.15, -0.1) is 0 Å². The molecule has 0 bridgehead atoms. The molecule has 0 N–H and O–H groups in total. The van der Waals surface area contributed by atoms with Crippen LogP contribution in [-0.2, 0) is 10.0 Å². The third-order valence-electron chi connectivity index (χ3n) is 3.45. The van der Waals surface area contributed by atoms with Crippen LogP contribution < -0.4 is 0 Å². The summed E-state index contributed by atoms with van der Waals surface area (Å²) in [6.45, 7) is 1.45. The van der Waals surface area contributed by atoms with Crippen LogP contribution in [0.3, 0.4) is 0 Å². The van der Waals surface area contributed by atoms with Gasteiger partial charge in [-0.05, 0) is 12.8 Å². The molecule has 1 heterocycles. The van der Waals surface area contributed by atoms with Crippen LogP contribution in [0.2, 0.25) is 0 Å². The highest BCUT2D eigenvalue weighted by Gasteiger charge is 2.39. The molecule has 0 aromatic rings. The molecular formula is C10H19NO2S2. The second-order valence-electron chi connectivity index (χ2n) is 4.69. The highest BCUT2D eigenvalue weighted by Crippen LogP contribution is 2.43. The Kier molecular flexibility index (Phi) is 3.33. The van der Waals surface area contributed by atoms with Gasteiger partial charge in [0.05, 0.1) is 6.26 Å². The average Bonchev–Trinajstić information content (AvgIpc) is 2.18. The number of hydrogen-bond acceptors (Lipinski definition) is 3. The summed E-state index contributed by atoms with van der Waals surface area (Å²) in [4.78, 5) is 0. The summed E-state index contributed by atoms with van der Waals surface area (Å²) in [6, 6.07) is 0. The molecule has 1 saturated heterocycles. The molecule has 88 valence electrons. The molecule has 1 spiro atoms. The van der Waals surface area contributed by atoms with Gasteiger partial charge in [0, 0.05) is 23.6 Å². The van der Waals surface area contributed by atoms with Gasteiger partial charge in [-0.1, -0.05) is 19.3 Å². The van der Waals surface area contributed by atoms with E-state index < -0.39 is 10.0 Å². The van der Waals surface area contributed by atoms with E-state index in [0.717, 1.165) is 12.3 Å². The van der Waals surface area contributed by atoms with Crippen LogP contribution in [0.1, 0.15) is 32.1 Å². The first kappa shape index (κ1) is 11.7. The fourth-order valence-corrected chi connectivity index (χ4v) is 5.26. The number of sulfonamides is 1. The molecule has 3 nitrogen and oxygen atoms in total. The Morgan fingerprint density at radius 1 is 1.20 bits per heavy atom. The Morgan fingerprint density at radius 2 is 1.87 bits per heavy atom. The van der Waals surface area contributed by atoms with E-state index in [1.54, 1.807) is 4.31 Å². The highest BCUT2D eigenvalue weighted by atomic mass is 32.2. The minimum absolute atomic E-state index is 0.250. The van der Waals surface area contributed by atoms with Crippen LogP contribution >= 0.6 is 11.8 Å². The highest BCUT2D eigenvalue weighted by molar-refractivity contribution is 8.00. The minimum atomic E-state index is -2.98. The van der Waals surface area contributed by atoms with Crippen molar-refractivity contribution in [1.82, 2.24) is 4.31 Å². The standard InChI is InChI=1S/C10H19NO2S2/c1-15(12,13)11-7-8-14-10(9-11)5-3-2-4-6-10/h2-9H2,1H3. The zero-order valence-corrected chi connectivity index (χ0v) is 10.9. The molecule has 0 unspecified atom stereocenters. The molecule has 0 radical (unpaired) electrons. The zero-order chi connectivity index (χ0) is 10.9. The van der Waals surface area contributed by atoms with Gasteiger partial charge in [0.25, 0.3) is 0 Å². The van der Waals surface area contributed by atoms with Gasteiger partial charge in [0.2, 0.25) is 10.0 Å². The van der Waals surface area contributed by atoms with E-state index in [-0.39, 0.29) is 4.75 Å². The van der Waals surface area contributed by atoms with Crippen molar-refractivity contribution in [2.45, 2.75) is 36.9 Å². The number of rotatable bonds is 1. The summed E-state index contributed by atoms with van der Waals surface area (Å²) in [7, 11) is -2.98. The largest absolute Gasteiger partial charge is 0.213 e. The first-order valence-electron chi connectivity index (χ1n) is 5.61. The van der Waals surface area contributed by atoms with E-state index >= 15 is 0 Å². The molecule has 0 aromatic carbocycles. The van der Waals surface area contributed by atoms with Crippen molar-refractivity contribution in [1.29, 1.82) is 0 Å². The first-order valence-corrected chi connectivity index (χ1v) is 8.44. The molecule has 5 heteroatoms. The maximum Gasteiger partial charge on any atom is 0.211 e. The Bertz CT molecular complexity index is 315. The van der Waals surface area contributed by atoms with E-state index in [1.807, 2.05) is 11.8 Å². The lowest BCUT2D eigenvalue weighted by Gasteiger charge is -2.43. The SMILES string of the molecule is CS(=O)(=O)N1CCSC2(CCCCC2)C1. The molecule has 1 aliphatic carbocycles. The van der Waals surface area contributed by atoms with E-state index in [1.165, 1.54) is 38.4 Å². The second kappa shape index (κ2) is 4.26. The fourth-order valence-electron chi connectivity index (χ4n) is 2.59. The number of thioether (sulfide) groups is 1. The van der Waals surface area contributed by atoms with E-state index in [9.17, 15) is 8.42 Å². The summed E-state index contributed by atoms with van der Waals surface area (Å²) >= 11 is 2.00. The Hall–Kier alpha value is 0.260. The summed E-state index contributed by atoms with van der Waals surface area (Å²) < 4.78 is 25.0. The molecule has 15 heavy (non-hydrogen) atoms. The van der Waals surface area contributed by atoms with Gasteiger partial charge in [-0.3, -0.25) is 0 Å². The van der Waals surface area contributed by atoms with Crippen molar-refractivity contribution in [3.8, 4) is 0 Å². The van der Waals surface area contributed by atoms with E-state index in [4.69, 9.17) is 0 Å². The number of hydrogen-bond donors (Lipinski definition) is 0. The molecule has 0 amide bonds. The quantitative estimate of drug-likeness (QED) is 0.710. The first-order chi connectivity index (χ1) is 7.02. The Labute approximate surface area is 96.7 Å². The zero-order valence-electron chi connectivity index (χ0n) is 9.24. The second-order valence-corrected chi connectivity index (χ2v) is 8.23. The lowest BCUT2D eigenvalue weighted by Crippen LogP contribution is -2.49. The molecule has 2 rings (SSSR count). The summed E-state index contributed by atoms with van der Waals surface area (Å²) in [6.07, 6.45) is 7.59. The average molecular weight is 249 g/mol. The van der Waals surface area contributed by atoms with Gasteiger partial charge in [0.1, 0.15) is 0 Å². The van der Waals surface area contributed by atoms with Crippen molar-refractivity contribution in [3.63, 3.8) is 0 Å². The monoisotopic (exact) mass is 249 g/mol. The molecule has 0 atom stereocenters. The minimum Gasteiger partial charge on any atom is -0.213 e. The molecule has 0 aromatic heterocycles. The lowest BCUT2D eigenvalue weighted by molar-refractivity contribution is 0.305. The maximum absolute atomic E-state index is 11.5. The van der Waals surface area contributed by atoms with Crippen LogP contribution in [-0.4, -0.2) is 42.6 Å². The molecular weight excluding hydrogens is 230 g/mol. The van der Waals surface area contributed by atoms with Crippen LogP contribution in [0.4, 0.5) is 0 Å². The molecule has 2 fully saturated rings. The van der Waals surface area contributed by atoms with Gasteiger partial charge in [-0.25, -0.2) is 8.42 Å². The predicted octanol–water partition coefficient (Wildman–Crippen LogP) is 1.70. The van der Waals surface area contributed by atoms with Crippen LogP contribution in [0.5, 0.6) is 0 Å². The topological polar surface area (TPSA) is 37.4 Å². The molecule has 1 aliphatic heterocycles. The smallest absolute Gasteiger partial charge is 0.211 e. The third kappa shape index (κ3) is 2.68. The van der Waals surface area contributed by atoms with Crippen LogP contribution in [0.25, 0.3) is 0 Å².